The van der Waals surface area contributed by atoms with Crippen LogP contribution < -0.4 is 9.80 Å². The Balaban J connectivity index is 1.55. The number of carbonyl (C=O) groups excluding carboxylic acids is 2. The fourth-order valence-electron chi connectivity index (χ4n) is 4.63. The van der Waals surface area contributed by atoms with Gasteiger partial charge in [-0.1, -0.05) is 0 Å². The third kappa shape index (κ3) is 5.09. The van der Waals surface area contributed by atoms with Crippen LogP contribution in [0, 0.1) is 5.82 Å². The summed E-state index contributed by atoms with van der Waals surface area (Å²) in [5.41, 5.74) is 1.90. The van der Waals surface area contributed by atoms with Crippen LogP contribution in [0.5, 0.6) is 0 Å². The minimum Gasteiger partial charge on any atom is -0.371 e. The Morgan fingerprint density at radius 2 is 1.44 bits per heavy atom. The molecule has 9 heteroatoms. The number of anilines is 2. The van der Waals surface area contributed by atoms with Gasteiger partial charge in [-0.25, -0.2) is 12.8 Å². The van der Waals surface area contributed by atoms with Gasteiger partial charge < -0.3 is 14.7 Å². The van der Waals surface area contributed by atoms with Crippen molar-refractivity contribution in [3.8, 4) is 0 Å². The molecule has 2 aliphatic rings. The van der Waals surface area contributed by atoms with Crippen LogP contribution in [-0.4, -0.2) is 70.5 Å². The summed E-state index contributed by atoms with van der Waals surface area (Å²) < 4.78 is 38.9. The van der Waals surface area contributed by atoms with Crippen LogP contribution in [0.3, 0.4) is 0 Å². The number of carbonyl (C=O) groups is 2. The molecule has 34 heavy (non-hydrogen) atoms. The molecule has 0 aliphatic carbocycles. The molecule has 0 bridgehead atoms. The molecule has 2 saturated heterocycles. The predicted octanol–water partition coefficient (Wildman–Crippen LogP) is 3.38. The van der Waals surface area contributed by atoms with Crippen LogP contribution in [0.25, 0.3) is 0 Å². The number of rotatable bonds is 5. The lowest BCUT2D eigenvalue weighted by Crippen LogP contribution is -2.49. The highest BCUT2D eigenvalue weighted by atomic mass is 32.2. The highest BCUT2D eigenvalue weighted by Crippen LogP contribution is 2.29. The van der Waals surface area contributed by atoms with Crippen molar-refractivity contribution < 1.29 is 22.4 Å². The molecule has 2 fully saturated rings. The Kier molecular flexibility index (Phi) is 6.93. The number of hydrogen-bond donors (Lipinski definition) is 0. The van der Waals surface area contributed by atoms with E-state index in [-0.39, 0.29) is 16.6 Å². The van der Waals surface area contributed by atoms with E-state index in [1.165, 1.54) is 19.1 Å². The van der Waals surface area contributed by atoms with Crippen LogP contribution in [0.1, 0.15) is 46.9 Å². The number of piperazine rings is 1. The first kappa shape index (κ1) is 24.2. The Bertz CT molecular complexity index is 1200. The molecule has 2 heterocycles. The summed E-state index contributed by atoms with van der Waals surface area (Å²) in [7, 11) is -3.46. The van der Waals surface area contributed by atoms with Gasteiger partial charge >= 0.3 is 0 Å². The number of piperidine rings is 1. The quantitative estimate of drug-likeness (QED) is 0.602. The van der Waals surface area contributed by atoms with E-state index in [9.17, 15) is 22.4 Å². The molecular weight excluding hydrogens is 457 g/mol. The topological polar surface area (TPSA) is 78.0 Å². The highest BCUT2D eigenvalue weighted by Gasteiger charge is 2.28. The second-order valence-electron chi connectivity index (χ2n) is 9.00. The van der Waals surface area contributed by atoms with E-state index in [4.69, 9.17) is 0 Å². The maximum atomic E-state index is 14.6. The lowest BCUT2D eigenvalue weighted by molar-refractivity contribution is 0.0746. The van der Waals surface area contributed by atoms with Gasteiger partial charge in [0.1, 0.15) is 5.82 Å². The molecule has 7 nitrogen and oxygen atoms in total. The van der Waals surface area contributed by atoms with E-state index >= 15 is 0 Å². The summed E-state index contributed by atoms with van der Waals surface area (Å²) in [5, 5.41) is 0. The second kappa shape index (κ2) is 9.74. The van der Waals surface area contributed by atoms with Crippen molar-refractivity contribution in [3.05, 3.63) is 53.3 Å². The third-order valence-corrected chi connectivity index (χ3v) is 7.70. The van der Waals surface area contributed by atoms with Crippen LogP contribution in [-0.2, 0) is 9.84 Å². The molecule has 0 aromatic heterocycles. The molecular formula is C25H30FN3O4S. The zero-order valence-corrected chi connectivity index (χ0v) is 20.4. The molecule has 182 valence electrons. The van der Waals surface area contributed by atoms with Crippen LogP contribution >= 0.6 is 0 Å². The SMILES string of the molecule is CC(=O)c1ccc(N2CCN(C(=O)c3cc(S(C)(=O)=O)ccc3N3CCCCC3)CC2)c(F)c1. The molecule has 1 amide bonds. The number of amides is 1. The Morgan fingerprint density at radius 1 is 0.824 bits per heavy atom. The van der Waals surface area contributed by atoms with E-state index in [0.29, 0.717) is 43.0 Å². The zero-order chi connectivity index (χ0) is 24.5. The second-order valence-corrected chi connectivity index (χ2v) is 11.0. The molecule has 0 N–H and O–H groups in total. The molecule has 2 aliphatic heterocycles. The number of benzene rings is 2. The minimum atomic E-state index is -3.46. The Labute approximate surface area is 200 Å². The number of Topliss-reactive ketones (excluding diaryl/α,β-unsaturated/α-hetero) is 1. The van der Waals surface area contributed by atoms with Crippen molar-refractivity contribution in [1.29, 1.82) is 0 Å². The summed E-state index contributed by atoms with van der Waals surface area (Å²) in [6.07, 6.45) is 4.36. The van der Waals surface area contributed by atoms with Crippen molar-refractivity contribution >= 4 is 32.9 Å². The molecule has 0 unspecified atom stereocenters. The molecule has 0 radical (unpaired) electrons. The smallest absolute Gasteiger partial charge is 0.256 e. The van der Waals surface area contributed by atoms with Gasteiger partial charge in [-0.05, 0) is 62.6 Å². The highest BCUT2D eigenvalue weighted by molar-refractivity contribution is 7.90. The first-order chi connectivity index (χ1) is 16.1. The van der Waals surface area contributed by atoms with Crippen molar-refractivity contribution in [3.63, 3.8) is 0 Å². The van der Waals surface area contributed by atoms with Crippen molar-refractivity contribution in [2.45, 2.75) is 31.1 Å². The van der Waals surface area contributed by atoms with Crippen molar-refractivity contribution in [1.82, 2.24) is 4.90 Å². The van der Waals surface area contributed by atoms with Gasteiger partial charge in [0.15, 0.2) is 15.6 Å². The number of ketones is 1. The van der Waals surface area contributed by atoms with Gasteiger partial charge in [0.2, 0.25) is 0 Å². The Hall–Kier alpha value is -2.94. The third-order valence-electron chi connectivity index (χ3n) is 6.59. The number of halogens is 1. The zero-order valence-electron chi connectivity index (χ0n) is 19.6. The largest absolute Gasteiger partial charge is 0.371 e. The normalized spacial score (nSPS) is 17.1. The number of sulfone groups is 1. The molecule has 0 saturated carbocycles. The van der Waals surface area contributed by atoms with E-state index < -0.39 is 15.7 Å². The van der Waals surface area contributed by atoms with Gasteiger partial charge in [0.25, 0.3) is 5.91 Å². The number of nitrogens with zero attached hydrogens (tertiary/aromatic N) is 3. The average Bonchev–Trinajstić information content (AvgIpc) is 2.83. The van der Waals surface area contributed by atoms with Crippen LogP contribution in [0.2, 0.25) is 0 Å². The van der Waals surface area contributed by atoms with E-state index in [0.717, 1.165) is 44.3 Å². The first-order valence-electron chi connectivity index (χ1n) is 11.6. The standard InChI is InChI=1S/C25H30FN3O4S/c1-18(30)19-6-8-24(22(26)16-19)28-12-14-29(15-13-28)25(31)21-17-20(34(2,32)33)7-9-23(21)27-10-4-3-5-11-27/h6-9,16-17H,3-5,10-15H2,1-2H3. The van der Waals surface area contributed by atoms with Gasteiger partial charge in [-0.3, -0.25) is 9.59 Å². The van der Waals surface area contributed by atoms with Crippen LogP contribution in [0.4, 0.5) is 15.8 Å². The van der Waals surface area contributed by atoms with E-state index in [2.05, 4.69) is 4.90 Å². The summed E-state index contributed by atoms with van der Waals surface area (Å²) in [6.45, 7) is 4.71. The summed E-state index contributed by atoms with van der Waals surface area (Å²) >= 11 is 0. The minimum absolute atomic E-state index is 0.128. The molecule has 4 rings (SSSR count). The van der Waals surface area contributed by atoms with Gasteiger partial charge in [0.05, 0.1) is 16.1 Å². The molecule has 0 atom stereocenters. The summed E-state index contributed by atoms with van der Waals surface area (Å²) in [4.78, 5) is 30.9. The van der Waals surface area contributed by atoms with E-state index in [1.54, 1.807) is 29.2 Å². The Morgan fingerprint density at radius 3 is 2.03 bits per heavy atom. The lowest BCUT2D eigenvalue weighted by atomic mass is 10.1. The predicted molar refractivity (Wildman–Crippen MR) is 130 cm³/mol. The van der Waals surface area contributed by atoms with Crippen molar-refractivity contribution in [2.75, 3.05) is 55.3 Å². The average molecular weight is 488 g/mol. The molecule has 0 spiro atoms. The molecule has 2 aromatic rings. The maximum Gasteiger partial charge on any atom is 0.256 e. The summed E-state index contributed by atoms with van der Waals surface area (Å²) in [6, 6.07) is 9.27. The lowest BCUT2D eigenvalue weighted by Gasteiger charge is -2.37. The van der Waals surface area contributed by atoms with Crippen LogP contribution in [0.15, 0.2) is 41.3 Å². The van der Waals surface area contributed by atoms with E-state index in [1.807, 2.05) is 4.90 Å². The fourth-order valence-corrected chi connectivity index (χ4v) is 5.28. The number of hydrogen-bond acceptors (Lipinski definition) is 6. The summed E-state index contributed by atoms with van der Waals surface area (Å²) in [5.74, 6) is -0.861. The van der Waals surface area contributed by atoms with Crippen molar-refractivity contribution in [2.24, 2.45) is 0 Å². The first-order valence-corrected chi connectivity index (χ1v) is 13.5. The monoisotopic (exact) mass is 487 g/mol. The maximum absolute atomic E-state index is 14.6. The molecule has 2 aromatic carbocycles. The van der Waals surface area contributed by atoms with Gasteiger partial charge in [-0.15, -0.1) is 0 Å². The fraction of sp³-hybridized carbons (Fsp3) is 0.440. The van der Waals surface area contributed by atoms with Gasteiger partial charge in [-0.2, -0.15) is 0 Å². The van der Waals surface area contributed by atoms with Gasteiger partial charge in [0, 0.05) is 56.8 Å².